The van der Waals surface area contributed by atoms with Crippen LogP contribution in [0.15, 0.2) is 69.6 Å². The van der Waals surface area contributed by atoms with Crippen molar-refractivity contribution in [3.8, 4) is 11.9 Å². The number of aromatic hydroxyl groups is 1. The Morgan fingerprint density at radius 3 is 2.48 bits per heavy atom. The molecule has 0 bridgehead atoms. The molecule has 6 heteroatoms. The Hall–Kier alpha value is -3.72. The van der Waals surface area contributed by atoms with Crippen LogP contribution < -0.4 is 5.56 Å². The van der Waals surface area contributed by atoms with Gasteiger partial charge in [0.1, 0.15) is 11.6 Å². The maximum atomic E-state index is 12.9. The molecular weight excluding hydrogens is 340 g/mol. The van der Waals surface area contributed by atoms with Gasteiger partial charge in [-0.15, -0.1) is 5.11 Å². The van der Waals surface area contributed by atoms with Gasteiger partial charge in [0, 0.05) is 5.56 Å². The number of azo groups is 1. The molecule has 2 aromatic carbocycles. The van der Waals surface area contributed by atoms with Crippen LogP contribution in [0.1, 0.15) is 22.3 Å². The average molecular weight is 358 g/mol. The van der Waals surface area contributed by atoms with E-state index in [9.17, 15) is 15.2 Å². The van der Waals surface area contributed by atoms with E-state index in [0.29, 0.717) is 11.3 Å². The molecule has 0 amide bonds. The van der Waals surface area contributed by atoms with E-state index in [1.54, 1.807) is 13.0 Å². The fraction of sp³-hybridized carbons (Fsp3) is 0.143. The van der Waals surface area contributed by atoms with Crippen LogP contribution >= 0.6 is 0 Å². The summed E-state index contributed by atoms with van der Waals surface area (Å²) < 4.78 is 1.14. The van der Waals surface area contributed by atoms with Crippen LogP contribution in [0.2, 0.25) is 0 Å². The Morgan fingerprint density at radius 2 is 1.81 bits per heavy atom. The van der Waals surface area contributed by atoms with Crippen molar-refractivity contribution in [2.75, 3.05) is 0 Å². The number of hydrogen-bond acceptors (Lipinski definition) is 5. The first kappa shape index (κ1) is 18.1. The van der Waals surface area contributed by atoms with Gasteiger partial charge < -0.3 is 5.11 Å². The number of aryl methyl sites for hydroxylation is 1. The SMILES string of the molecule is Cc1cccc(N=Nc2c(C)c(C#N)c(O)n(Cc3ccccc3)c2=O)c1. The van der Waals surface area contributed by atoms with Gasteiger partial charge in [-0.1, -0.05) is 42.5 Å². The Bertz CT molecular complexity index is 1110. The highest BCUT2D eigenvalue weighted by Crippen LogP contribution is 2.27. The molecular formula is C21H18N4O2. The van der Waals surface area contributed by atoms with Gasteiger partial charge in [-0.3, -0.25) is 9.36 Å². The van der Waals surface area contributed by atoms with Gasteiger partial charge in [0.25, 0.3) is 5.56 Å². The lowest BCUT2D eigenvalue weighted by Crippen LogP contribution is -2.22. The van der Waals surface area contributed by atoms with E-state index in [1.807, 2.05) is 61.5 Å². The van der Waals surface area contributed by atoms with Crippen molar-refractivity contribution < 1.29 is 5.11 Å². The van der Waals surface area contributed by atoms with Gasteiger partial charge in [-0.2, -0.15) is 10.4 Å². The summed E-state index contributed by atoms with van der Waals surface area (Å²) in [6, 6.07) is 18.6. The maximum Gasteiger partial charge on any atom is 0.281 e. The summed E-state index contributed by atoms with van der Waals surface area (Å²) in [6.45, 7) is 3.65. The Balaban J connectivity index is 2.12. The van der Waals surface area contributed by atoms with Crippen molar-refractivity contribution in [3.63, 3.8) is 0 Å². The molecule has 1 N–H and O–H groups in total. The van der Waals surface area contributed by atoms with Crippen molar-refractivity contribution in [3.05, 3.63) is 87.2 Å². The monoisotopic (exact) mass is 358 g/mol. The highest BCUT2D eigenvalue weighted by molar-refractivity contribution is 5.57. The van der Waals surface area contributed by atoms with Crippen molar-refractivity contribution in [1.29, 1.82) is 5.26 Å². The quantitative estimate of drug-likeness (QED) is 0.696. The minimum Gasteiger partial charge on any atom is -0.493 e. The third-order valence-corrected chi connectivity index (χ3v) is 4.22. The Kier molecular flexibility index (Phi) is 5.13. The molecule has 27 heavy (non-hydrogen) atoms. The Labute approximate surface area is 156 Å². The van der Waals surface area contributed by atoms with E-state index in [2.05, 4.69) is 10.2 Å². The number of rotatable bonds is 4. The van der Waals surface area contributed by atoms with Gasteiger partial charge in [-0.25, -0.2) is 0 Å². The van der Waals surface area contributed by atoms with Crippen LogP contribution in [0.3, 0.4) is 0 Å². The summed E-state index contributed by atoms with van der Waals surface area (Å²) in [5.74, 6) is -0.363. The van der Waals surface area contributed by atoms with Gasteiger partial charge in [0.2, 0.25) is 5.88 Å². The second-order valence-electron chi connectivity index (χ2n) is 6.20. The summed E-state index contributed by atoms with van der Waals surface area (Å²) in [6.07, 6.45) is 0. The highest BCUT2D eigenvalue weighted by Gasteiger charge is 2.19. The molecule has 0 fully saturated rings. The van der Waals surface area contributed by atoms with Crippen LogP contribution in [0, 0.1) is 25.2 Å². The summed E-state index contributed by atoms with van der Waals surface area (Å²) in [5, 5.41) is 28.1. The normalized spacial score (nSPS) is 10.9. The number of pyridine rings is 1. The largest absolute Gasteiger partial charge is 0.493 e. The van der Waals surface area contributed by atoms with Crippen LogP contribution in [0.4, 0.5) is 11.4 Å². The smallest absolute Gasteiger partial charge is 0.281 e. The first-order valence-corrected chi connectivity index (χ1v) is 8.40. The predicted molar refractivity (Wildman–Crippen MR) is 103 cm³/mol. The summed E-state index contributed by atoms with van der Waals surface area (Å²) in [4.78, 5) is 12.9. The van der Waals surface area contributed by atoms with E-state index in [-0.39, 0.29) is 23.7 Å². The van der Waals surface area contributed by atoms with E-state index in [0.717, 1.165) is 15.7 Å². The maximum absolute atomic E-state index is 12.9. The molecule has 0 unspecified atom stereocenters. The summed E-state index contributed by atoms with van der Waals surface area (Å²) >= 11 is 0. The molecule has 3 rings (SSSR count). The molecule has 0 saturated heterocycles. The topological polar surface area (TPSA) is 90.7 Å². The van der Waals surface area contributed by atoms with Crippen molar-refractivity contribution in [2.45, 2.75) is 20.4 Å². The van der Waals surface area contributed by atoms with E-state index in [1.165, 1.54) is 0 Å². The molecule has 0 atom stereocenters. The Morgan fingerprint density at radius 1 is 1.07 bits per heavy atom. The minimum atomic E-state index is -0.496. The van der Waals surface area contributed by atoms with E-state index >= 15 is 0 Å². The lowest BCUT2D eigenvalue weighted by molar-refractivity contribution is 0.412. The molecule has 0 radical (unpaired) electrons. The van der Waals surface area contributed by atoms with Gasteiger partial charge >= 0.3 is 0 Å². The lowest BCUT2D eigenvalue weighted by atomic mass is 10.1. The molecule has 0 spiro atoms. The zero-order valence-corrected chi connectivity index (χ0v) is 15.0. The molecule has 3 aromatic rings. The number of aromatic nitrogens is 1. The lowest BCUT2D eigenvalue weighted by Gasteiger charge is -2.13. The summed E-state index contributed by atoms with van der Waals surface area (Å²) in [5.41, 5.74) is 2.32. The van der Waals surface area contributed by atoms with Gasteiger partial charge in [-0.05, 0) is 37.1 Å². The molecule has 1 heterocycles. The van der Waals surface area contributed by atoms with Crippen LogP contribution in [0.25, 0.3) is 0 Å². The summed E-state index contributed by atoms with van der Waals surface area (Å²) in [7, 11) is 0. The zero-order valence-electron chi connectivity index (χ0n) is 15.0. The zero-order chi connectivity index (χ0) is 19.4. The van der Waals surface area contributed by atoms with Gasteiger partial charge in [0.15, 0.2) is 5.69 Å². The van der Waals surface area contributed by atoms with Crippen molar-refractivity contribution >= 4 is 11.4 Å². The number of nitriles is 1. The molecule has 0 aliphatic carbocycles. The molecule has 0 aliphatic rings. The molecule has 0 aliphatic heterocycles. The fourth-order valence-corrected chi connectivity index (χ4v) is 2.77. The fourth-order valence-electron chi connectivity index (χ4n) is 2.77. The second-order valence-corrected chi connectivity index (χ2v) is 6.20. The van der Waals surface area contributed by atoms with Crippen LogP contribution in [-0.2, 0) is 6.54 Å². The number of benzene rings is 2. The van der Waals surface area contributed by atoms with Crippen LogP contribution in [-0.4, -0.2) is 9.67 Å². The third kappa shape index (κ3) is 3.77. The molecule has 134 valence electrons. The van der Waals surface area contributed by atoms with Crippen molar-refractivity contribution in [2.24, 2.45) is 10.2 Å². The third-order valence-electron chi connectivity index (χ3n) is 4.22. The van der Waals surface area contributed by atoms with E-state index < -0.39 is 5.56 Å². The van der Waals surface area contributed by atoms with Crippen molar-refractivity contribution in [1.82, 2.24) is 4.57 Å². The molecule has 6 nitrogen and oxygen atoms in total. The first-order chi connectivity index (χ1) is 13.0. The molecule has 0 saturated carbocycles. The van der Waals surface area contributed by atoms with Crippen LogP contribution in [0.5, 0.6) is 5.88 Å². The second kappa shape index (κ2) is 7.67. The number of nitrogens with zero attached hydrogens (tertiary/aromatic N) is 4. The average Bonchev–Trinajstić information content (AvgIpc) is 2.66. The highest BCUT2D eigenvalue weighted by atomic mass is 16.3. The first-order valence-electron chi connectivity index (χ1n) is 8.40. The minimum absolute atomic E-state index is 0.0173. The predicted octanol–water partition coefficient (Wildman–Crippen LogP) is 4.51. The number of hydrogen-bond donors (Lipinski definition) is 1. The molecule has 1 aromatic heterocycles. The van der Waals surface area contributed by atoms with E-state index in [4.69, 9.17) is 0 Å². The standard InChI is InChI=1S/C21H18N4O2/c1-14-7-6-10-17(11-14)23-24-19-15(2)18(12-22)20(26)25(21(19)27)13-16-8-4-3-5-9-16/h3-11,26H,13H2,1-2H3. The van der Waals surface area contributed by atoms with Gasteiger partial charge in [0.05, 0.1) is 12.2 Å².